The summed E-state index contributed by atoms with van der Waals surface area (Å²) < 4.78 is 0. The highest BCUT2D eigenvalue weighted by Gasteiger charge is 2.05. The highest BCUT2D eigenvalue weighted by molar-refractivity contribution is 7.11. The summed E-state index contributed by atoms with van der Waals surface area (Å²) in [5.41, 5.74) is 6.93. The third kappa shape index (κ3) is 4.73. The molecule has 0 fully saturated rings. The maximum atomic E-state index is 5.72. The molecule has 0 amide bonds. The molecule has 0 unspecified atom stereocenters. The predicted molar refractivity (Wildman–Crippen MR) is 74.7 cm³/mol. The average Bonchev–Trinajstić information content (AvgIpc) is 2.57. The Labute approximate surface area is 107 Å². The standard InChI is InChI=1S/C12H22N4S/c1-5-10-9(4)17-11(16-10)6-7-14-12(13)15-8(2)3/h8H,5-7H2,1-4H3,(H3,13,14,15). The van der Waals surface area contributed by atoms with Crippen LogP contribution in [0.2, 0.25) is 0 Å². The first-order valence-corrected chi connectivity index (χ1v) is 6.86. The number of aryl methyl sites for hydroxylation is 2. The van der Waals surface area contributed by atoms with Gasteiger partial charge in [-0.05, 0) is 27.2 Å². The van der Waals surface area contributed by atoms with Gasteiger partial charge in [0.25, 0.3) is 0 Å². The molecule has 0 aromatic carbocycles. The summed E-state index contributed by atoms with van der Waals surface area (Å²) in [7, 11) is 0. The fourth-order valence-electron chi connectivity index (χ4n) is 1.54. The number of nitrogens with one attached hydrogen (secondary N) is 1. The molecule has 1 rings (SSSR count). The van der Waals surface area contributed by atoms with Crippen molar-refractivity contribution in [2.75, 3.05) is 6.54 Å². The normalized spacial score (nSPS) is 12.2. The number of rotatable bonds is 5. The van der Waals surface area contributed by atoms with Crippen molar-refractivity contribution in [2.45, 2.75) is 46.6 Å². The van der Waals surface area contributed by atoms with Crippen LogP contribution in [0.15, 0.2) is 4.99 Å². The van der Waals surface area contributed by atoms with Crippen LogP contribution in [0.5, 0.6) is 0 Å². The van der Waals surface area contributed by atoms with Gasteiger partial charge >= 0.3 is 0 Å². The van der Waals surface area contributed by atoms with E-state index in [0.29, 0.717) is 18.5 Å². The zero-order valence-corrected chi connectivity index (χ0v) is 11.9. The molecule has 0 spiro atoms. The van der Waals surface area contributed by atoms with Gasteiger partial charge in [-0.2, -0.15) is 0 Å². The minimum atomic E-state index is 0.326. The molecule has 3 N–H and O–H groups in total. The topological polar surface area (TPSA) is 63.3 Å². The van der Waals surface area contributed by atoms with Crippen molar-refractivity contribution in [3.63, 3.8) is 0 Å². The number of hydrogen-bond donors (Lipinski definition) is 2. The Kier molecular flexibility index (Phi) is 5.41. The van der Waals surface area contributed by atoms with E-state index in [1.165, 1.54) is 10.6 Å². The molecule has 0 radical (unpaired) electrons. The minimum Gasteiger partial charge on any atom is -0.370 e. The summed E-state index contributed by atoms with van der Waals surface area (Å²) in [6, 6.07) is 0.326. The van der Waals surface area contributed by atoms with E-state index >= 15 is 0 Å². The zero-order valence-electron chi connectivity index (χ0n) is 11.1. The van der Waals surface area contributed by atoms with Gasteiger partial charge in [0.1, 0.15) is 0 Å². The smallest absolute Gasteiger partial charge is 0.188 e. The molecular formula is C12H22N4S. The van der Waals surface area contributed by atoms with Crippen molar-refractivity contribution in [1.29, 1.82) is 0 Å². The first kappa shape index (κ1) is 14.0. The van der Waals surface area contributed by atoms with Crippen LogP contribution in [-0.4, -0.2) is 23.5 Å². The number of hydrogen-bond acceptors (Lipinski definition) is 3. The molecule has 4 nitrogen and oxygen atoms in total. The van der Waals surface area contributed by atoms with E-state index in [0.717, 1.165) is 17.8 Å². The highest BCUT2D eigenvalue weighted by atomic mass is 32.1. The number of thiazole rings is 1. The minimum absolute atomic E-state index is 0.326. The molecule has 0 saturated heterocycles. The first-order valence-electron chi connectivity index (χ1n) is 6.04. The van der Waals surface area contributed by atoms with Gasteiger partial charge in [-0.1, -0.05) is 6.92 Å². The molecule has 0 aliphatic rings. The van der Waals surface area contributed by atoms with E-state index in [1.54, 1.807) is 11.3 Å². The highest BCUT2D eigenvalue weighted by Crippen LogP contribution is 2.18. The maximum absolute atomic E-state index is 5.72. The Bertz CT molecular complexity index is 382. The largest absolute Gasteiger partial charge is 0.370 e. The number of nitrogens with two attached hydrogens (primary N) is 1. The molecule has 0 saturated carbocycles. The summed E-state index contributed by atoms with van der Waals surface area (Å²) in [6.45, 7) is 9.04. The monoisotopic (exact) mass is 254 g/mol. The van der Waals surface area contributed by atoms with Crippen molar-refractivity contribution in [2.24, 2.45) is 10.7 Å². The second-order valence-corrected chi connectivity index (χ2v) is 5.57. The third-order valence-corrected chi connectivity index (χ3v) is 3.39. The van der Waals surface area contributed by atoms with Gasteiger partial charge < -0.3 is 11.1 Å². The van der Waals surface area contributed by atoms with Gasteiger partial charge in [-0.15, -0.1) is 11.3 Å². The molecule has 0 bridgehead atoms. The SMILES string of the molecule is CCc1nc(CCN=C(N)NC(C)C)sc1C. The molecule has 17 heavy (non-hydrogen) atoms. The Morgan fingerprint density at radius 1 is 1.53 bits per heavy atom. The lowest BCUT2D eigenvalue weighted by Gasteiger charge is -2.07. The van der Waals surface area contributed by atoms with E-state index in [4.69, 9.17) is 5.73 Å². The van der Waals surface area contributed by atoms with E-state index in [9.17, 15) is 0 Å². The van der Waals surface area contributed by atoms with Crippen molar-refractivity contribution in [3.8, 4) is 0 Å². The number of aliphatic imine (C=N–C) groups is 1. The maximum Gasteiger partial charge on any atom is 0.188 e. The summed E-state index contributed by atoms with van der Waals surface area (Å²) in [5.74, 6) is 0.518. The van der Waals surface area contributed by atoms with Crippen LogP contribution in [-0.2, 0) is 12.8 Å². The Balaban J connectivity index is 2.45. The van der Waals surface area contributed by atoms with Crippen LogP contribution in [0.1, 0.15) is 36.3 Å². The lowest BCUT2D eigenvalue weighted by Crippen LogP contribution is -2.36. The fraction of sp³-hybridized carbons (Fsp3) is 0.667. The Morgan fingerprint density at radius 2 is 2.24 bits per heavy atom. The van der Waals surface area contributed by atoms with Crippen molar-refractivity contribution >= 4 is 17.3 Å². The van der Waals surface area contributed by atoms with Gasteiger partial charge in [0.05, 0.1) is 10.7 Å². The van der Waals surface area contributed by atoms with E-state index in [2.05, 4.69) is 29.1 Å². The number of aromatic nitrogens is 1. The van der Waals surface area contributed by atoms with Gasteiger partial charge in [-0.25, -0.2) is 4.98 Å². The van der Waals surface area contributed by atoms with Gasteiger partial charge in [0.15, 0.2) is 5.96 Å². The average molecular weight is 254 g/mol. The fourth-order valence-corrected chi connectivity index (χ4v) is 2.55. The van der Waals surface area contributed by atoms with Crippen LogP contribution in [0.25, 0.3) is 0 Å². The molecule has 0 aliphatic heterocycles. The molecular weight excluding hydrogens is 232 g/mol. The first-order chi connectivity index (χ1) is 8.02. The third-order valence-electron chi connectivity index (χ3n) is 2.32. The Hall–Kier alpha value is -1.10. The molecule has 96 valence electrons. The lowest BCUT2D eigenvalue weighted by atomic mass is 10.3. The van der Waals surface area contributed by atoms with E-state index in [-0.39, 0.29) is 0 Å². The van der Waals surface area contributed by atoms with Crippen LogP contribution >= 0.6 is 11.3 Å². The second kappa shape index (κ2) is 6.59. The predicted octanol–water partition coefficient (Wildman–Crippen LogP) is 1.87. The van der Waals surface area contributed by atoms with E-state index in [1.807, 2.05) is 13.8 Å². The molecule has 0 atom stereocenters. The second-order valence-electron chi connectivity index (χ2n) is 4.28. The van der Waals surface area contributed by atoms with Crippen molar-refractivity contribution < 1.29 is 0 Å². The summed E-state index contributed by atoms with van der Waals surface area (Å²) >= 11 is 1.76. The molecule has 5 heteroatoms. The summed E-state index contributed by atoms with van der Waals surface area (Å²) in [6.07, 6.45) is 1.87. The summed E-state index contributed by atoms with van der Waals surface area (Å²) in [5, 5.41) is 4.22. The molecule has 1 heterocycles. The van der Waals surface area contributed by atoms with Crippen LogP contribution in [0, 0.1) is 6.92 Å². The van der Waals surface area contributed by atoms with Crippen LogP contribution < -0.4 is 11.1 Å². The zero-order chi connectivity index (χ0) is 12.8. The van der Waals surface area contributed by atoms with Gasteiger partial charge in [0, 0.05) is 23.9 Å². The lowest BCUT2D eigenvalue weighted by molar-refractivity contribution is 0.723. The van der Waals surface area contributed by atoms with Crippen molar-refractivity contribution in [1.82, 2.24) is 10.3 Å². The van der Waals surface area contributed by atoms with Crippen molar-refractivity contribution in [3.05, 3.63) is 15.6 Å². The van der Waals surface area contributed by atoms with Gasteiger partial charge in [-0.3, -0.25) is 4.99 Å². The van der Waals surface area contributed by atoms with Crippen LogP contribution in [0.3, 0.4) is 0 Å². The summed E-state index contributed by atoms with van der Waals surface area (Å²) in [4.78, 5) is 10.2. The number of guanidine groups is 1. The molecule has 1 aromatic rings. The quantitative estimate of drug-likeness (QED) is 0.623. The molecule has 1 aromatic heterocycles. The van der Waals surface area contributed by atoms with E-state index < -0.39 is 0 Å². The molecule has 0 aliphatic carbocycles. The Morgan fingerprint density at radius 3 is 2.76 bits per heavy atom. The van der Waals surface area contributed by atoms with Gasteiger partial charge in [0.2, 0.25) is 0 Å². The van der Waals surface area contributed by atoms with Crippen LogP contribution in [0.4, 0.5) is 0 Å². The number of nitrogens with zero attached hydrogens (tertiary/aromatic N) is 2.